The van der Waals surface area contributed by atoms with Gasteiger partial charge in [0.15, 0.2) is 0 Å². The summed E-state index contributed by atoms with van der Waals surface area (Å²) in [5.74, 6) is 0.601. The Bertz CT molecular complexity index is 2310. The molecule has 4 aromatic carbocycles. The number of aromatic nitrogens is 1. The summed E-state index contributed by atoms with van der Waals surface area (Å²) in [6.07, 6.45) is 5.89. The topological polar surface area (TPSA) is 116 Å². The molecule has 1 fully saturated rings. The number of aliphatic hydroxyl groups is 1. The van der Waals surface area contributed by atoms with Crippen LogP contribution in [0.4, 0.5) is 0 Å². The molecule has 288 valence electrons. The van der Waals surface area contributed by atoms with Gasteiger partial charge in [-0.3, -0.25) is 14.7 Å². The van der Waals surface area contributed by atoms with Gasteiger partial charge in [-0.25, -0.2) is 0 Å². The van der Waals surface area contributed by atoms with Crippen molar-refractivity contribution in [1.29, 1.82) is 5.26 Å². The van der Waals surface area contributed by atoms with E-state index in [1.165, 1.54) is 66.0 Å². The Labute approximate surface area is 334 Å². The Kier molecular flexibility index (Phi) is 11.5. The van der Waals surface area contributed by atoms with E-state index in [0.717, 1.165) is 29.0 Å². The molecule has 5 aromatic rings. The van der Waals surface area contributed by atoms with Crippen LogP contribution in [0.15, 0.2) is 85.2 Å². The third-order valence-electron chi connectivity index (χ3n) is 11.7. The van der Waals surface area contributed by atoms with Gasteiger partial charge < -0.3 is 19.7 Å². The van der Waals surface area contributed by atoms with Crippen molar-refractivity contribution in [3.05, 3.63) is 135 Å². The Balaban J connectivity index is 1.12. The highest BCUT2D eigenvalue weighted by atomic mass is 35.5. The molecule has 0 radical (unpaired) electrons. The molecule has 2 heterocycles. The fraction of sp³-hybridized carbons (Fsp3) is 0.340. The Morgan fingerprint density at radius 1 is 0.946 bits per heavy atom. The van der Waals surface area contributed by atoms with Gasteiger partial charge in [-0.2, -0.15) is 5.26 Å². The van der Waals surface area contributed by atoms with E-state index in [1.54, 1.807) is 24.4 Å². The number of rotatable bonds is 14. The molecule has 0 saturated carbocycles. The van der Waals surface area contributed by atoms with Crippen molar-refractivity contribution in [2.24, 2.45) is 11.3 Å². The van der Waals surface area contributed by atoms with Gasteiger partial charge in [0, 0.05) is 43.2 Å². The highest BCUT2D eigenvalue weighted by Crippen LogP contribution is 2.42. The van der Waals surface area contributed by atoms with Crippen LogP contribution in [-0.2, 0) is 30.8 Å². The Morgan fingerprint density at radius 2 is 1.68 bits per heavy atom. The van der Waals surface area contributed by atoms with E-state index in [4.69, 9.17) is 21.1 Å². The maximum absolute atomic E-state index is 11.9. The smallest absolute Gasteiger partial charge is 0.311 e. The van der Waals surface area contributed by atoms with Gasteiger partial charge in [0.2, 0.25) is 0 Å². The van der Waals surface area contributed by atoms with E-state index in [-0.39, 0.29) is 19.6 Å². The number of fused-ring (bicyclic) bond motifs is 1. The Morgan fingerprint density at radius 3 is 2.41 bits per heavy atom. The summed E-state index contributed by atoms with van der Waals surface area (Å²) < 4.78 is 12.6. The summed E-state index contributed by atoms with van der Waals surface area (Å²) in [5, 5.41) is 29.3. The van der Waals surface area contributed by atoms with E-state index in [1.807, 2.05) is 0 Å². The predicted octanol–water partition coefficient (Wildman–Crippen LogP) is 9.67. The molecule has 9 heteroatoms. The summed E-state index contributed by atoms with van der Waals surface area (Å²) in [7, 11) is 0. The number of ether oxygens (including phenoxy) is 2. The fourth-order valence-corrected chi connectivity index (χ4v) is 8.38. The van der Waals surface area contributed by atoms with Gasteiger partial charge >= 0.3 is 5.97 Å². The maximum Gasteiger partial charge on any atom is 0.311 e. The lowest BCUT2D eigenvalue weighted by Gasteiger charge is -2.42. The zero-order valence-corrected chi connectivity index (χ0v) is 33.2. The molecule has 1 aromatic heterocycles. The first kappa shape index (κ1) is 39.1. The first-order chi connectivity index (χ1) is 27.0. The van der Waals surface area contributed by atoms with E-state index in [2.05, 4.69) is 91.3 Å². The van der Waals surface area contributed by atoms with Crippen molar-refractivity contribution in [3.63, 3.8) is 0 Å². The molecule has 7 rings (SSSR count). The van der Waals surface area contributed by atoms with Crippen molar-refractivity contribution in [1.82, 2.24) is 9.88 Å². The van der Waals surface area contributed by atoms with Crippen LogP contribution < -0.4 is 9.47 Å². The SMILES string of the molecule is Cc1c(COc2cc(OCc3cncc(C#N)c3)c(CC[C@@](C)(CO)C(=O)O)cc2Cl)cccc1-c1cccc(-c2ccc3c(c2)CCC3N2CC(C)C2)c1C. The molecule has 1 unspecified atom stereocenters. The summed E-state index contributed by atoms with van der Waals surface area (Å²) in [6.45, 7) is 10.4. The number of hydrogen-bond donors (Lipinski definition) is 2. The van der Waals surface area contributed by atoms with Crippen LogP contribution in [0.3, 0.4) is 0 Å². The van der Waals surface area contributed by atoms with Gasteiger partial charge in [-0.15, -0.1) is 0 Å². The minimum absolute atomic E-state index is 0.121. The maximum atomic E-state index is 11.9. The number of halogens is 1. The number of benzene rings is 4. The van der Waals surface area contributed by atoms with Crippen molar-refractivity contribution in [3.8, 4) is 39.8 Å². The van der Waals surface area contributed by atoms with Crippen molar-refractivity contribution < 1.29 is 24.5 Å². The molecule has 56 heavy (non-hydrogen) atoms. The van der Waals surface area contributed by atoms with E-state index in [0.29, 0.717) is 45.7 Å². The summed E-state index contributed by atoms with van der Waals surface area (Å²) in [6, 6.07) is 27.7. The molecule has 0 bridgehead atoms. The number of pyridine rings is 1. The largest absolute Gasteiger partial charge is 0.488 e. The van der Waals surface area contributed by atoms with Crippen LogP contribution in [0.25, 0.3) is 22.3 Å². The van der Waals surface area contributed by atoms with Gasteiger partial charge in [0.05, 0.1) is 22.6 Å². The van der Waals surface area contributed by atoms with Crippen LogP contribution in [0.5, 0.6) is 11.5 Å². The standard InChI is InChI=1S/C47H48ClN3O5/c1-29-24-51(25-29)43-14-12-35-18-34(11-13-41(35)43)38-8-6-10-40(31(38)3)39-9-5-7-37(30(39)2)27-56-45-20-44(55-26-33-17-32(21-49)22-50-23-33)36(19-42(45)48)15-16-47(4,28-52)46(53)54/h5-11,13,17-20,22-23,29,43,52H,12,14-16,24-28H2,1-4H3,(H,53,54)/t43?,47-/m0/s1. The number of likely N-dealkylation sites (tertiary alicyclic amines) is 1. The van der Waals surface area contributed by atoms with E-state index in [9.17, 15) is 20.3 Å². The highest BCUT2D eigenvalue weighted by Gasteiger charge is 2.35. The molecule has 0 amide bonds. The predicted molar refractivity (Wildman–Crippen MR) is 219 cm³/mol. The lowest BCUT2D eigenvalue weighted by molar-refractivity contribution is -0.150. The normalized spacial score (nSPS) is 16.4. The molecule has 1 aliphatic carbocycles. The van der Waals surface area contributed by atoms with Crippen LogP contribution in [-0.4, -0.2) is 45.8 Å². The molecular formula is C47H48ClN3O5. The molecular weight excluding hydrogens is 722 g/mol. The van der Waals surface area contributed by atoms with Gasteiger partial charge in [-0.05, 0) is 120 Å². The molecule has 1 saturated heterocycles. The lowest BCUT2D eigenvalue weighted by Crippen LogP contribution is -2.46. The minimum atomic E-state index is -1.33. The van der Waals surface area contributed by atoms with Gasteiger partial charge in [0.1, 0.15) is 30.8 Å². The van der Waals surface area contributed by atoms with Gasteiger partial charge in [-0.1, -0.05) is 73.1 Å². The fourth-order valence-electron chi connectivity index (χ4n) is 8.14. The molecule has 2 aliphatic rings. The third-order valence-corrected chi connectivity index (χ3v) is 12.0. The number of carbonyl (C=O) groups is 1. The molecule has 2 atom stereocenters. The minimum Gasteiger partial charge on any atom is -0.488 e. The number of nitrogens with zero attached hydrogens (tertiary/aromatic N) is 3. The molecule has 0 spiro atoms. The molecule has 8 nitrogen and oxygen atoms in total. The van der Waals surface area contributed by atoms with Crippen LogP contribution in [0, 0.1) is 36.5 Å². The summed E-state index contributed by atoms with van der Waals surface area (Å²) in [4.78, 5) is 18.7. The number of hydrogen-bond acceptors (Lipinski definition) is 7. The first-order valence-corrected chi connectivity index (χ1v) is 19.7. The number of aryl methyl sites for hydroxylation is 2. The second kappa shape index (κ2) is 16.5. The van der Waals surface area contributed by atoms with Gasteiger partial charge in [0.25, 0.3) is 0 Å². The van der Waals surface area contributed by atoms with Crippen LogP contribution >= 0.6 is 11.6 Å². The van der Waals surface area contributed by atoms with Crippen molar-refractivity contribution in [2.75, 3.05) is 19.7 Å². The van der Waals surface area contributed by atoms with Crippen LogP contribution in [0.2, 0.25) is 5.02 Å². The number of carboxylic acid groups (broad SMARTS) is 1. The van der Waals surface area contributed by atoms with Crippen molar-refractivity contribution in [2.45, 2.75) is 72.6 Å². The van der Waals surface area contributed by atoms with Crippen molar-refractivity contribution >= 4 is 17.6 Å². The first-order valence-electron chi connectivity index (χ1n) is 19.3. The van der Waals surface area contributed by atoms with E-state index >= 15 is 0 Å². The zero-order valence-electron chi connectivity index (χ0n) is 32.4. The summed E-state index contributed by atoms with van der Waals surface area (Å²) >= 11 is 6.81. The quantitative estimate of drug-likeness (QED) is 0.115. The number of nitriles is 1. The number of aliphatic carboxylic acids is 1. The average molecular weight is 770 g/mol. The molecule has 2 N–H and O–H groups in total. The second-order valence-corrected chi connectivity index (χ2v) is 16.2. The van der Waals surface area contributed by atoms with E-state index < -0.39 is 18.0 Å². The zero-order chi connectivity index (χ0) is 39.6. The third kappa shape index (κ3) is 8.03. The average Bonchev–Trinajstić information content (AvgIpc) is 3.61. The summed E-state index contributed by atoms with van der Waals surface area (Å²) in [5.41, 5.74) is 11.6. The Hall–Kier alpha value is -5.20. The monoisotopic (exact) mass is 769 g/mol. The highest BCUT2D eigenvalue weighted by molar-refractivity contribution is 6.32. The van der Waals surface area contributed by atoms with Crippen LogP contribution in [0.1, 0.15) is 77.2 Å². The molecule has 1 aliphatic heterocycles. The second-order valence-electron chi connectivity index (χ2n) is 15.8. The number of carboxylic acids is 1. The number of aliphatic hydroxyl groups excluding tert-OH is 1. The lowest BCUT2D eigenvalue weighted by atomic mass is 9.85.